The molecule has 1 unspecified atom stereocenters. The van der Waals surface area contributed by atoms with Crippen molar-refractivity contribution in [2.45, 2.75) is 44.9 Å². The van der Waals surface area contributed by atoms with Crippen LogP contribution in [-0.2, 0) is 23.8 Å². The standard InChI is InChI=1S/C13H21NO6/c1-7(2)5-9(14-17)11-8(12(15)18-3)6-10(20-11)13(16)19-4/h7-11H,5-6H2,1-4H3/t8-,9?,10-,11-/m1/s1. The molecule has 0 amide bonds. The summed E-state index contributed by atoms with van der Waals surface area (Å²) in [4.78, 5) is 34.4. The van der Waals surface area contributed by atoms with Crippen LogP contribution in [0.5, 0.6) is 0 Å². The molecular formula is C13H21NO6. The Morgan fingerprint density at radius 3 is 2.30 bits per heavy atom. The van der Waals surface area contributed by atoms with Crippen molar-refractivity contribution in [1.82, 2.24) is 0 Å². The number of esters is 2. The van der Waals surface area contributed by atoms with E-state index in [9.17, 15) is 14.5 Å². The minimum atomic E-state index is -0.856. The fourth-order valence-electron chi connectivity index (χ4n) is 2.45. The molecule has 0 aromatic heterocycles. The van der Waals surface area contributed by atoms with Crippen LogP contribution in [-0.4, -0.2) is 44.4 Å². The lowest BCUT2D eigenvalue weighted by Gasteiger charge is -2.22. The van der Waals surface area contributed by atoms with Crippen molar-refractivity contribution < 1.29 is 23.8 Å². The van der Waals surface area contributed by atoms with Crippen LogP contribution in [0.3, 0.4) is 0 Å². The van der Waals surface area contributed by atoms with Gasteiger partial charge in [-0.3, -0.25) is 4.79 Å². The lowest BCUT2D eigenvalue weighted by molar-refractivity contribution is -0.155. The van der Waals surface area contributed by atoms with E-state index in [0.717, 1.165) is 0 Å². The summed E-state index contributed by atoms with van der Waals surface area (Å²) in [5.41, 5.74) is 0. The zero-order valence-corrected chi connectivity index (χ0v) is 12.2. The van der Waals surface area contributed by atoms with E-state index in [1.165, 1.54) is 14.2 Å². The van der Waals surface area contributed by atoms with Gasteiger partial charge >= 0.3 is 11.9 Å². The number of nitroso groups, excluding NO2 is 1. The number of methoxy groups -OCH3 is 2. The highest BCUT2D eigenvalue weighted by atomic mass is 16.6. The molecule has 0 N–H and O–H groups in total. The van der Waals surface area contributed by atoms with Crippen LogP contribution in [0.15, 0.2) is 5.18 Å². The Kier molecular flexibility index (Phi) is 6.06. The maximum Gasteiger partial charge on any atom is 0.335 e. The van der Waals surface area contributed by atoms with Crippen LogP contribution in [0.1, 0.15) is 26.7 Å². The van der Waals surface area contributed by atoms with E-state index in [0.29, 0.717) is 6.42 Å². The summed E-state index contributed by atoms with van der Waals surface area (Å²) in [6.45, 7) is 3.89. The fraction of sp³-hybridized carbons (Fsp3) is 0.846. The van der Waals surface area contributed by atoms with Gasteiger partial charge in [-0.1, -0.05) is 19.0 Å². The summed E-state index contributed by atoms with van der Waals surface area (Å²) in [5, 5.41) is 3.06. The van der Waals surface area contributed by atoms with Crippen molar-refractivity contribution in [2.75, 3.05) is 14.2 Å². The molecule has 4 atom stereocenters. The van der Waals surface area contributed by atoms with Crippen LogP contribution < -0.4 is 0 Å². The maximum atomic E-state index is 11.8. The van der Waals surface area contributed by atoms with E-state index in [1.54, 1.807) is 0 Å². The topological polar surface area (TPSA) is 91.3 Å². The molecule has 1 aliphatic heterocycles. The van der Waals surface area contributed by atoms with Crippen molar-refractivity contribution in [1.29, 1.82) is 0 Å². The molecule has 1 fully saturated rings. The predicted octanol–water partition coefficient (Wildman–Crippen LogP) is 1.29. The lowest BCUT2D eigenvalue weighted by atomic mass is 9.90. The van der Waals surface area contributed by atoms with E-state index < -0.39 is 36.1 Å². The molecule has 20 heavy (non-hydrogen) atoms. The highest BCUT2D eigenvalue weighted by molar-refractivity contribution is 5.79. The van der Waals surface area contributed by atoms with Crippen molar-refractivity contribution in [3.63, 3.8) is 0 Å². The molecule has 7 heteroatoms. The molecule has 0 aromatic rings. The molecule has 1 heterocycles. The summed E-state index contributed by atoms with van der Waals surface area (Å²) in [5.74, 6) is -1.52. The SMILES string of the molecule is COC(=O)[C@H]1C[C@@H](C(=O)OC)[C@H](C(CC(C)C)N=O)O1. The Hall–Kier alpha value is -1.50. The van der Waals surface area contributed by atoms with E-state index in [4.69, 9.17) is 9.47 Å². The lowest BCUT2D eigenvalue weighted by Crippen LogP contribution is -2.35. The third kappa shape index (κ3) is 3.75. The Morgan fingerprint density at radius 2 is 1.85 bits per heavy atom. The number of ether oxygens (including phenoxy) is 3. The van der Waals surface area contributed by atoms with Gasteiger partial charge < -0.3 is 14.2 Å². The second-order valence-corrected chi connectivity index (χ2v) is 5.28. The first-order chi connectivity index (χ1) is 9.44. The Morgan fingerprint density at radius 1 is 1.25 bits per heavy atom. The van der Waals surface area contributed by atoms with Gasteiger partial charge in [0, 0.05) is 6.42 Å². The van der Waals surface area contributed by atoms with E-state index in [-0.39, 0.29) is 12.3 Å². The number of carbonyl (C=O) groups is 2. The molecule has 1 rings (SSSR count). The van der Waals surface area contributed by atoms with Gasteiger partial charge in [-0.25, -0.2) is 4.79 Å². The molecule has 0 saturated carbocycles. The molecule has 0 bridgehead atoms. The number of hydrogen-bond donors (Lipinski definition) is 0. The number of hydrogen-bond acceptors (Lipinski definition) is 7. The number of carbonyl (C=O) groups excluding carboxylic acids is 2. The first kappa shape index (κ1) is 16.6. The van der Waals surface area contributed by atoms with Crippen LogP contribution >= 0.6 is 0 Å². The Balaban J connectivity index is 2.90. The zero-order valence-electron chi connectivity index (χ0n) is 12.2. The van der Waals surface area contributed by atoms with Crippen molar-refractivity contribution in [2.24, 2.45) is 17.0 Å². The van der Waals surface area contributed by atoms with Gasteiger partial charge in [-0.15, -0.1) is 0 Å². The van der Waals surface area contributed by atoms with Crippen LogP contribution in [0.2, 0.25) is 0 Å². The van der Waals surface area contributed by atoms with E-state index in [1.807, 2.05) is 13.8 Å². The number of nitrogens with zero attached hydrogens (tertiary/aromatic N) is 1. The van der Waals surface area contributed by atoms with Crippen molar-refractivity contribution in [3.05, 3.63) is 4.91 Å². The van der Waals surface area contributed by atoms with Crippen LogP contribution in [0, 0.1) is 16.7 Å². The first-order valence-electron chi connectivity index (χ1n) is 6.58. The smallest absolute Gasteiger partial charge is 0.335 e. The largest absolute Gasteiger partial charge is 0.469 e. The average molecular weight is 287 g/mol. The van der Waals surface area contributed by atoms with Gasteiger partial charge in [-0.05, 0) is 12.3 Å². The van der Waals surface area contributed by atoms with Gasteiger partial charge in [0.05, 0.1) is 26.2 Å². The molecule has 0 aromatic carbocycles. The summed E-state index contributed by atoms with van der Waals surface area (Å²) < 4.78 is 14.9. The number of rotatable bonds is 6. The molecular weight excluding hydrogens is 266 g/mol. The highest BCUT2D eigenvalue weighted by Gasteiger charge is 2.48. The molecule has 0 spiro atoms. The van der Waals surface area contributed by atoms with Gasteiger partial charge in [0.1, 0.15) is 6.04 Å². The van der Waals surface area contributed by atoms with E-state index in [2.05, 4.69) is 9.91 Å². The maximum absolute atomic E-state index is 11.8. The molecule has 1 aliphatic rings. The third-order valence-corrected chi connectivity index (χ3v) is 3.38. The van der Waals surface area contributed by atoms with Crippen LogP contribution in [0.25, 0.3) is 0 Å². The second-order valence-electron chi connectivity index (χ2n) is 5.28. The van der Waals surface area contributed by atoms with Crippen LogP contribution in [0.4, 0.5) is 0 Å². The molecule has 1 saturated heterocycles. The summed E-state index contributed by atoms with van der Waals surface area (Å²) >= 11 is 0. The zero-order chi connectivity index (χ0) is 15.3. The quantitative estimate of drug-likeness (QED) is 0.540. The average Bonchev–Trinajstić information content (AvgIpc) is 2.87. The monoisotopic (exact) mass is 287 g/mol. The summed E-state index contributed by atoms with van der Waals surface area (Å²) in [7, 11) is 2.51. The highest BCUT2D eigenvalue weighted by Crippen LogP contribution is 2.33. The van der Waals surface area contributed by atoms with Crippen molar-refractivity contribution in [3.8, 4) is 0 Å². The summed E-state index contributed by atoms with van der Waals surface area (Å²) in [6.07, 6.45) is -0.971. The van der Waals surface area contributed by atoms with E-state index >= 15 is 0 Å². The van der Waals surface area contributed by atoms with Gasteiger partial charge in [0.15, 0.2) is 6.10 Å². The Bertz CT molecular complexity index is 370. The van der Waals surface area contributed by atoms with Gasteiger partial charge in [0.2, 0.25) is 0 Å². The molecule has 0 aliphatic carbocycles. The minimum absolute atomic E-state index is 0.147. The van der Waals surface area contributed by atoms with Gasteiger partial charge in [-0.2, -0.15) is 4.91 Å². The Labute approximate surface area is 117 Å². The summed E-state index contributed by atoms with van der Waals surface area (Å²) in [6, 6.07) is -0.686. The first-order valence-corrected chi connectivity index (χ1v) is 6.58. The molecule has 0 radical (unpaired) electrons. The third-order valence-electron chi connectivity index (χ3n) is 3.38. The van der Waals surface area contributed by atoms with Gasteiger partial charge in [0.25, 0.3) is 0 Å². The fourth-order valence-corrected chi connectivity index (χ4v) is 2.45. The second kappa shape index (κ2) is 7.33. The predicted molar refractivity (Wildman–Crippen MR) is 69.8 cm³/mol. The molecule has 114 valence electrons. The van der Waals surface area contributed by atoms with Crippen molar-refractivity contribution >= 4 is 11.9 Å². The minimum Gasteiger partial charge on any atom is -0.469 e. The normalized spacial score (nSPS) is 27.1. The molecule has 7 nitrogen and oxygen atoms in total.